The van der Waals surface area contributed by atoms with Gasteiger partial charge in [-0.25, -0.2) is 0 Å². The maximum absolute atomic E-state index is 12.5. The number of aryl methyl sites for hydroxylation is 1. The first-order valence-electron chi connectivity index (χ1n) is 8.91. The minimum Gasteiger partial charge on any atom is -0.352 e. The lowest BCUT2D eigenvalue weighted by molar-refractivity contribution is -0.126. The monoisotopic (exact) mass is 356 g/mol. The second-order valence-corrected chi connectivity index (χ2v) is 7.28. The van der Waals surface area contributed by atoms with Crippen LogP contribution in [0.2, 0.25) is 5.02 Å². The van der Waals surface area contributed by atoms with Crippen molar-refractivity contribution in [2.45, 2.75) is 32.9 Å². The number of rotatable bonds is 5. The summed E-state index contributed by atoms with van der Waals surface area (Å²) in [6.07, 6.45) is 2.04. The van der Waals surface area contributed by atoms with Crippen LogP contribution in [0.3, 0.4) is 0 Å². The summed E-state index contributed by atoms with van der Waals surface area (Å²) in [4.78, 5) is 14.9. The van der Waals surface area contributed by atoms with Crippen LogP contribution in [0, 0.1) is 12.8 Å². The van der Waals surface area contributed by atoms with E-state index >= 15 is 0 Å². The average Bonchev–Trinajstić information content (AvgIpc) is 2.63. The SMILES string of the molecule is Cc1ccccc1CN1CCCC(C(=O)NCc2ccc(Cl)cc2)C1. The van der Waals surface area contributed by atoms with Gasteiger partial charge in [0.05, 0.1) is 5.92 Å². The molecule has 1 atom stereocenters. The van der Waals surface area contributed by atoms with E-state index in [-0.39, 0.29) is 11.8 Å². The second-order valence-electron chi connectivity index (χ2n) is 6.85. The van der Waals surface area contributed by atoms with Gasteiger partial charge in [-0.05, 0) is 55.1 Å². The standard InChI is InChI=1S/C21H25ClN2O/c1-16-5-2-3-6-18(16)14-24-12-4-7-19(15-24)21(25)23-13-17-8-10-20(22)11-9-17/h2-3,5-6,8-11,19H,4,7,12-15H2,1H3,(H,23,25). The van der Waals surface area contributed by atoms with Crippen molar-refractivity contribution in [3.63, 3.8) is 0 Å². The van der Waals surface area contributed by atoms with Gasteiger partial charge in [0.2, 0.25) is 5.91 Å². The third kappa shape index (κ3) is 5.07. The summed E-state index contributed by atoms with van der Waals surface area (Å²) >= 11 is 5.90. The summed E-state index contributed by atoms with van der Waals surface area (Å²) < 4.78 is 0. The molecular formula is C21H25ClN2O. The molecule has 1 amide bonds. The highest BCUT2D eigenvalue weighted by Gasteiger charge is 2.25. The van der Waals surface area contributed by atoms with Gasteiger partial charge >= 0.3 is 0 Å². The molecule has 2 aromatic rings. The Labute approximate surface area is 155 Å². The van der Waals surface area contributed by atoms with Gasteiger partial charge in [0, 0.05) is 24.7 Å². The minimum atomic E-state index is 0.0741. The van der Waals surface area contributed by atoms with Crippen molar-refractivity contribution in [1.82, 2.24) is 10.2 Å². The van der Waals surface area contributed by atoms with E-state index in [9.17, 15) is 4.79 Å². The van der Waals surface area contributed by atoms with Gasteiger partial charge in [-0.15, -0.1) is 0 Å². The molecule has 1 unspecified atom stereocenters. The van der Waals surface area contributed by atoms with Crippen LogP contribution in [0.5, 0.6) is 0 Å². The molecule has 4 heteroatoms. The number of benzene rings is 2. The predicted molar refractivity (Wildman–Crippen MR) is 102 cm³/mol. The Morgan fingerprint density at radius 1 is 1.20 bits per heavy atom. The fraction of sp³-hybridized carbons (Fsp3) is 0.381. The summed E-state index contributed by atoms with van der Waals surface area (Å²) in [5.74, 6) is 0.231. The molecule has 0 radical (unpaired) electrons. The Kier molecular flexibility index (Phi) is 6.11. The van der Waals surface area contributed by atoms with Gasteiger partial charge in [0.15, 0.2) is 0 Å². The lowest BCUT2D eigenvalue weighted by atomic mass is 9.96. The Hall–Kier alpha value is -1.84. The zero-order valence-corrected chi connectivity index (χ0v) is 15.4. The van der Waals surface area contributed by atoms with Gasteiger partial charge in [0.25, 0.3) is 0 Å². The molecule has 1 aliphatic rings. The predicted octanol–water partition coefficient (Wildman–Crippen LogP) is 4.18. The molecule has 1 N–H and O–H groups in total. The number of carbonyl (C=O) groups is 1. The maximum atomic E-state index is 12.5. The quantitative estimate of drug-likeness (QED) is 0.871. The largest absolute Gasteiger partial charge is 0.352 e. The van der Waals surface area contributed by atoms with Gasteiger partial charge in [0.1, 0.15) is 0 Å². The lowest BCUT2D eigenvalue weighted by Crippen LogP contribution is -2.42. The summed E-state index contributed by atoms with van der Waals surface area (Å²) in [5, 5.41) is 3.79. The summed E-state index contributed by atoms with van der Waals surface area (Å²) in [6.45, 7) is 5.53. The third-order valence-corrected chi connectivity index (χ3v) is 5.16. The van der Waals surface area contributed by atoms with E-state index in [0.717, 1.165) is 38.0 Å². The summed E-state index contributed by atoms with van der Waals surface area (Å²) in [5.41, 5.74) is 3.74. The van der Waals surface area contributed by atoms with E-state index in [1.54, 1.807) is 0 Å². The van der Waals surface area contributed by atoms with Crippen molar-refractivity contribution in [2.75, 3.05) is 13.1 Å². The van der Waals surface area contributed by atoms with Crippen LogP contribution in [-0.4, -0.2) is 23.9 Å². The number of hydrogen-bond donors (Lipinski definition) is 1. The molecule has 0 spiro atoms. The first kappa shape index (κ1) is 18.0. The van der Waals surface area contributed by atoms with Crippen molar-refractivity contribution < 1.29 is 4.79 Å². The molecule has 1 aliphatic heterocycles. The van der Waals surface area contributed by atoms with Crippen molar-refractivity contribution in [2.24, 2.45) is 5.92 Å². The Bertz CT molecular complexity index is 714. The molecule has 1 fully saturated rings. The Morgan fingerprint density at radius 2 is 1.96 bits per heavy atom. The van der Waals surface area contributed by atoms with E-state index in [0.29, 0.717) is 11.6 Å². The topological polar surface area (TPSA) is 32.3 Å². The molecule has 2 aromatic carbocycles. The number of carbonyl (C=O) groups excluding carboxylic acids is 1. The first-order chi connectivity index (χ1) is 12.1. The van der Waals surface area contributed by atoms with E-state index in [2.05, 4.69) is 41.4 Å². The van der Waals surface area contributed by atoms with Crippen LogP contribution in [0.15, 0.2) is 48.5 Å². The summed E-state index contributed by atoms with van der Waals surface area (Å²) in [6, 6.07) is 16.1. The molecule has 0 aromatic heterocycles. The van der Waals surface area contributed by atoms with E-state index in [1.807, 2.05) is 24.3 Å². The zero-order chi connectivity index (χ0) is 17.6. The van der Waals surface area contributed by atoms with Crippen LogP contribution in [-0.2, 0) is 17.9 Å². The van der Waals surface area contributed by atoms with Crippen molar-refractivity contribution in [1.29, 1.82) is 0 Å². The van der Waals surface area contributed by atoms with Gasteiger partial charge in [-0.1, -0.05) is 48.0 Å². The van der Waals surface area contributed by atoms with Gasteiger partial charge in [-0.2, -0.15) is 0 Å². The average molecular weight is 357 g/mol. The van der Waals surface area contributed by atoms with Crippen LogP contribution in [0.1, 0.15) is 29.5 Å². The van der Waals surface area contributed by atoms with Crippen LogP contribution < -0.4 is 5.32 Å². The zero-order valence-electron chi connectivity index (χ0n) is 14.7. The first-order valence-corrected chi connectivity index (χ1v) is 9.28. The molecule has 25 heavy (non-hydrogen) atoms. The molecule has 1 heterocycles. The van der Waals surface area contributed by atoms with Crippen LogP contribution >= 0.6 is 11.6 Å². The normalized spacial score (nSPS) is 18.1. The van der Waals surface area contributed by atoms with Crippen LogP contribution in [0.4, 0.5) is 0 Å². The fourth-order valence-corrected chi connectivity index (χ4v) is 3.50. The number of nitrogens with zero attached hydrogens (tertiary/aromatic N) is 1. The molecule has 3 nitrogen and oxygen atoms in total. The molecule has 1 saturated heterocycles. The highest BCUT2D eigenvalue weighted by molar-refractivity contribution is 6.30. The Morgan fingerprint density at radius 3 is 2.72 bits per heavy atom. The van der Waals surface area contributed by atoms with Crippen molar-refractivity contribution >= 4 is 17.5 Å². The molecule has 3 rings (SSSR count). The lowest BCUT2D eigenvalue weighted by Gasteiger charge is -2.32. The molecular weight excluding hydrogens is 332 g/mol. The van der Waals surface area contributed by atoms with E-state index in [4.69, 9.17) is 11.6 Å². The molecule has 0 aliphatic carbocycles. The molecule has 0 saturated carbocycles. The van der Waals surface area contributed by atoms with E-state index < -0.39 is 0 Å². The number of likely N-dealkylation sites (tertiary alicyclic amines) is 1. The fourth-order valence-electron chi connectivity index (χ4n) is 3.38. The third-order valence-electron chi connectivity index (χ3n) is 4.91. The van der Waals surface area contributed by atoms with Gasteiger partial charge < -0.3 is 5.32 Å². The van der Waals surface area contributed by atoms with Crippen molar-refractivity contribution in [3.8, 4) is 0 Å². The number of piperidine rings is 1. The number of nitrogens with one attached hydrogen (secondary N) is 1. The maximum Gasteiger partial charge on any atom is 0.224 e. The van der Waals surface area contributed by atoms with E-state index in [1.165, 1.54) is 11.1 Å². The number of hydrogen-bond acceptors (Lipinski definition) is 2. The molecule has 132 valence electrons. The highest BCUT2D eigenvalue weighted by atomic mass is 35.5. The number of halogens is 1. The molecule has 0 bridgehead atoms. The van der Waals surface area contributed by atoms with Gasteiger partial charge in [-0.3, -0.25) is 9.69 Å². The summed E-state index contributed by atoms with van der Waals surface area (Å²) in [7, 11) is 0. The van der Waals surface area contributed by atoms with Crippen molar-refractivity contribution in [3.05, 3.63) is 70.2 Å². The second kappa shape index (κ2) is 8.50. The minimum absolute atomic E-state index is 0.0741. The highest BCUT2D eigenvalue weighted by Crippen LogP contribution is 2.20. The number of amides is 1. The smallest absolute Gasteiger partial charge is 0.224 e. The Balaban J connectivity index is 1.52. The van der Waals surface area contributed by atoms with Crippen LogP contribution in [0.25, 0.3) is 0 Å².